The molecule has 0 saturated heterocycles. The molecule has 0 aliphatic heterocycles. The third-order valence-corrected chi connectivity index (χ3v) is 6.32. The zero-order valence-corrected chi connectivity index (χ0v) is 18.8. The van der Waals surface area contributed by atoms with Gasteiger partial charge in [-0.1, -0.05) is 117 Å². The Hall–Kier alpha value is -0.520. The van der Waals surface area contributed by atoms with E-state index in [4.69, 9.17) is 0 Å². The lowest BCUT2D eigenvalue weighted by atomic mass is 9.67. The van der Waals surface area contributed by atoms with Crippen LogP contribution in [0.25, 0.3) is 0 Å². The fraction of sp³-hybridized carbons (Fsp3) is 0.846. The van der Waals surface area contributed by atoms with E-state index in [9.17, 15) is 0 Å². The molecule has 0 aromatic carbocycles. The van der Waals surface area contributed by atoms with Crippen molar-refractivity contribution >= 4 is 0 Å². The topological polar surface area (TPSA) is 0 Å². The van der Waals surface area contributed by atoms with Gasteiger partial charge in [0.1, 0.15) is 0 Å². The van der Waals surface area contributed by atoms with Crippen LogP contribution in [0.4, 0.5) is 0 Å². The van der Waals surface area contributed by atoms with Gasteiger partial charge >= 0.3 is 0 Å². The van der Waals surface area contributed by atoms with E-state index in [1.165, 1.54) is 89.9 Å². The maximum atomic E-state index is 4.25. The van der Waals surface area contributed by atoms with Crippen molar-refractivity contribution in [1.29, 1.82) is 0 Å². The van der Waals surface area contributed by atoms with Crippen LogP contribution >= 0.6 is 0 Å². The predicted octanol–water partition coefficient (Wildman–Crippen LogP) is 9.36. The summed E-state index contributed by atoms with van der Waals surface area (Å²) >= 11 is 0. The van der Waals surface area contributed by atoms with Gasteiger partial charge in [0, 0.05) is 0 Å². The van der Waals surface area contributed by atoms with Crippen LogP contribution < -0.4 is 0 Å². The summed E-state index contributed by atoms with van der Waals surface area (Å²) < 4.78 is 0. The van der Waals surface area contributed by atoms with Crippen molar-refractivity contribution in [2.24, 2.45) is 23.7 Å². The molecule has 0 heterocycles. The summed E-state index contributed by atoms with van der Waals surface area (Å²) in [5, 5.41) is 0. The SMILES string of the molecule is C=CCC(C(C=C)CCCCC)C(CCC)C(CCCC)CCCCC. The molecule has 0 aromatic heterocycles. The molecular weight excluding hydrogens is 312 g/mol. The second kappa shape index (κ2) is 17.9. The zero-order valence-electron chi connectivity index (χ0n) is 18.8. The average Bonchev–Trinajstić information content (AvgIpc) is 2.65. The lowest BCUT2D eigenvalue weighted by Gasteiger charge is -2.38. The Morgan fingerprint density at radius 3 is 1.69 bits per heavy atom. The zero-order chi connectivity index (χ0) is 19.6. The molecule has 26 heavy (non-hydrogen) atoms. The van der Waals surface area contributed by atoms with Crippen molar-refractivity contribution in [3.05, 3.63) is 25.3 Å². The Bertz CT molecular complexity index is 316. The number of hydrogen-bond acceptors (Lipinski definition) is 0. The predicted molar refractivity (Wildman–Crippen MR) is 122 cm³/mol. The monoisotopic (exact) mass is 362 g/mol. The van der Waals surface area contributed by atoms with Crippen LogP contribution in [-0.2, 0) is 0 Å². The van der Waals surface area contributed by atoms with E-state index in [2.05, 4.69) is 53.0 Å². The second-order valence-electron chi connectivity index (χ2n) is 8.43. The lowest BCUT2D eigenvalue weighted by Crippen LogP contribution is -2.29. The van der Waals surface area contributed by atoms with Crippen LogP contribution in [0.2, 0.25) is 0 Å². The van der Waals surface area contributed by atoms with Gasteiger partial charge in [0.05, 0.1) is 0 Å². The Morgan fingerprint density at radius 2 is 1.19 bits per heavy atom. The number of unbranched alkanes of at least 4 members (excludes halogenated alkanes) is 5. The maximum absolute atomic E-state index is 4.25. The first-order valence-corrected chi connectivity index (χ1v) is 11.9. The van der Waals surface area contributed by atoms with Gasteiger partial charge in [0.2, 0.25) is 0 Å². The summed E-state index contributed by atoms with van der Waals surface area (Å²) in [7, 11) is 0. The first-order chi connectivity index (χ1) is 12.7. The third-order valence-electron chi connectivity index (χ3n) is 6.32. The molecule has 0 N–H and O–H groups in total. The van der Waals surface area contributed by atoms with Gasteiger partial charge in [-0.3, -0.25) is 0 Å². The van der Waals surface area contributed by atoms with Gasteiger partial charge in [-0.15, -0.1) is 13.2 Å². The van der Waals surface area contributed by atoms with Gasteiger partial charge in [0.15, 0.2) is 0 Å². The molecule has 154 valence electrons. The minimum absolute atomic E-state index is 0.673. The molecule has 0 fully saturated rings. The highest BCUT2D eigenvalue weighted by molar-refractivity contribution is 4.93. The molecule has 4 atom stereocenters. The smallest absolute Gasteiger partial charge is 0.0202 e. The average molecular weight is 363 g/mol. The molecule has 0 spiro atoms. The largest absolute Gasteiger partial charge is 0.103 e. The van der Waals surface area contributed by atoms with Gasteiger partial charge in [-0.2, -0.15) is 0 Å². The van der Waals surface area contributed by atoms with Gasteiger partial charge < -0.3 is 0 Å². The van der Waals surface area contributed by atoms with Gasteiger partial charge in [-0.25, -0.2) is 0 Å². The lowest BCUT2D eigenvalue weighted by molar-refractivity contribution is 0.144. The van der Waals surface area contributed by atoms with Crippen LogP contribution in [0.5, 0.6) is 0 Å². The normalized spacial score (nSPS) is 16.0. The summed E-state index contributed by atoms with van der Waals surface area (Å²) in [6.07, 6.45) is 23.4. The maximum Gasteiger partial charge on any atom is -0.0202 e. The van der Waals surface area contributed by atoms with E-state index in [0.29, 0.717) is 5.92 Å². The van der Waals surface area contributed by atoms with Gasteiger partial charge in [0.25, 0.3) is 0 Å². The van der Waals surface area contributed by atoms with E-state index < -0.39 is 0 Å². The molecule has 0 aliphatic rings. The molecule has 0 radical (unpaired) electrons. The molecule has 4 unspecified atom stereocenters. The van der Waals surface area contributed by atoms with Crippen molar-refractivity contribution in [2.75, 3.05) is 0 Å². The van der Waals surface area contributed by atoms with Crippen LogP contribution in [-0.4, -0.2) is 0 Å². The quantitative estimate of drug-likeness (QED) is 0.158. The van der Waals surface area contributed by atoms with Crippen molar-refractivity contribution in [3.8, 4) is 0 Å². The molecular formula is C26H50. The summed E-state index contributed by atoms with van der Waals surface area (Å²) in [6.45, 7) is 17.7. The second-order valence-corrected chi connectivity index (χ2v) is 8.43. The van der Waals surface area contributed by atoms with Crippen LogP contribution in [0.1, 0.15) is 118 Å². The molecule has 0 aromatic rings. The molecule has 0 aliphatic carbocycles. The highest BCUT2D eigenvalue weighted by Gasteiger charge is 2.31. The molecule has 0 bridgehead atoms. The summed E-state index contributed by atoms with van der Waals surface area (Å²) in [6, 6.07) is 0. The minimum Gasteiger partial charge on any atom is -0.103 e. The van der Waals surface area contributed by atoms with E-state index in [-0.39, 0.29) is 0 Å². The van der Waals surface area contributed by atoms with E-state index in [0.717, 1.165) is 17.8 Å². The van der Waals surface area contributed by atoms with Gasteiger partial charge in [-0.05, 0) is 36.5 Å². The van der Waals surface area contributed by atoms with Crippen LogP contribution in [0.15, 0.2) is 25.3 Å². The summed E-state index contributed by atoms with van der Waals surface area (Å²) in [5.41, 5.74) is 0. The number of rotatable bonds is 19. The first-order valence-electron chi connectivity index (χ1n) is 11.9. The van der Waals surface area contributed by atoms with Crippen molar-refractivity contribution in [3.63, 3.8) is 0 Å². The summed E-state index contributed by atoms with van der Waals surface area (Å²) in [4.78, 5) is 0. The Morgan fingerprint density at radius 1 is 0.615 bits per heavy atom. The van der Waals surface area contributed by atoms with E-state index >= 15 is 0 Å². The molecule has 0 amide bonds. The fourth-order valence-corrected chi connectivity index (χ4v) is 4.82. The Kier molecular flexibility index (Phi) is 17.5. The minimum atomic E-state index is 0.673. The van der Waals surface area contributed by atoms with E-state index in [1.54, 1.807) is 0 Å². The Labute approximate surface area is 166 Å². The molecule has 0 heteroatoms. The first kappa shape index (κ1) is 25.5. The highest BCUT2D eigenvalue weighted by atomic mass is 14.4. The van der Waals surface area contributed by atoms with E-state index in [1.807, 2.05) is 0 Å². The van der Waals surface area contributed by atoms with Crippen LogP contribution in [0.3, 0.4) is 0 Å². The van der Waals surface area contributed by atoms with Crippen molar-refractivity contribution in [2.45, 2.75) is 118 Å². The molecule has 0 nitrogen and oxygen atoms in total. The number of allylic oxidation sites excluding steroid dienone is 2. The molecule has 0 saturated carbocycles. The number of hydrogen-bond donors (Lipinski definition) is 0. The standard InChI is InChI=1S/C26H50/c1-7-13-16-21-23(12-6)25(18-10-4)26(19-11-5)24(20-15-9-3)22-17-14-8-2/h10,12,23-26H,4,6-9,11,13-22H2,1-3,5H3. The summed E-state index contributed by atoms with van der Waals surface area (Å²) in [5.74, 6) is 3.18. The van der Waals surface area contributed by atoms with Crippen molar-refractivity contribution in [1.82, 2.24) is 0 Å². The van der Waals surface area contributed by atoms with Crippen LogP contribution in [0, 0.1) is 23.7 Å². The Balaban J connectivity index is 5.31. The van der Waals surface area contributed by atoms with Crippen molar-refractivity contribution < 1.29 is 0 Å². The molecule has 0 rings (SSSR count). The highest BCUT2D eigenvalue weighted by Crippen LogP contribution is 2.41. The fourth-order valence-electron chi connectivity index (χ4n) is 4.82. The third kappa shape index (κ3) is 10.6.